The van der Waals surface area contributed by atoms with E-state index >= 15 is 0 Å². The van der Waals surface area contributed by atoms with E-state index in [1.54, 1.807) is 12.1 Å². The fourth-order valence-electron chi connectivity index (χ4n) is 3.45. The molecule has 1 amide bonds. The summed E-state index contributed by atoms with van der Waals surface area (Å²) in [4.78, 5) is 16.5. The van der Waals surface area contributed by atoms with Gasteiger partial charge in [0.1, 0.15) is 11.8 Å². The number of amides is 1. The largest absolute Gasteiger partial charge is 0.507 e. The van der Waals surface area contributed by atoms with Crippen LogP contribution in [0.15, 0.2) is 18.2 Å². The summed E-state index contributed by atoms with van der Waals surface area (Å²) in [6.45, 7) is 7.32. The molecule has 116 valence electrons. The Hall–Kier alpha value is -2.06. The first kappa shape index (κ1) is 14.9. The van der Waals surface area contributed by atoms with Crippen LogP contribution in [-0.4, -0.2) is 46.0 Å². The Balaban J connectivity index is 1.60. The average Bonchev–Trinajstić information content (AvgIpc) is 2.42. The van der Waals surface area contributed by atoms with E-state index in [1.807, 2.05) is 30.9 Å². The zero-order chi connectivity index (χ0) is 15.9. The summed E-state index contributed by atoms with van der Waals surface area (Å²) in [5.41, 5.74) is 1.38. The number of phenolic OH excluding ortho intramolecular Hbond substituents is 1. The van der Waals surface area contributed by atoms with Crippen molar-refractivity contribution in [3.05, 3.63) is 29.3 Å². The lowest BCUT2D eigenvalue weighted by atomic mass is 9.76. The molecule has 2 fully saturated rings. The third kappa shape index (κ3) is 2.34. The molecule has 0 bridgehead atoms. The van der Waals surface area contributed by atoms with Crippen LogP contribution in [0, 0.1) is 17.2 Å². The van der Waals surface area contributed by atoms with E-state index in [0.29, 0.717) is 5.56 Å². The second-order valence-electron chi connectivity index (χ2n) is 6.73. The molecule has 3 rings (SSSR count). The monoisotopic (exact) mass is 299 g/mol. The van der Waals surface area contributed by atoms with E-state index < -0.39 is 0 Å². The molecular formula is C17H21N3O2. The second kappa shape index (κ2) is 5.29. The predicted octanol–water partition coefficient (Wildman–Crippen LogP) is 1.71. The van der Waals surface area contributed by atoms with E-state index in [2.05, 4.69) is 4.90 Å². The van der Waals surface area contributed by atoms with Gasteiger partial charge in [0.05, 0.1) is 11.1 Å². The molecular weight excluding hydrogens is 278 g/mol. The molecule has 2 heterocycles. The quantitative estimate of drug-likeness (QED) is 0.922. The van der Waals surface area contributed by atoms with E-state index in [1.165, 1.54) is 0 Å². The second-order valence-corrected chi connectivity index (χ2v) is 6.73. The Morgan fingerprint density at radius 3 is 2.73 bits per heavy atom. The van der Waals surface area contributed by atoms with Crippen molar-refractivity contribution in [3.8, 4) is 11.8 Å². The van der Waals surface area contributed by atoms with Crippen LogP contribution in [0.5, 0.6) is 5.75 Å². The molecule has 0 radical (unpaired) electrons. The van der Waals surface area contributed by atoms with Crippen molar-refractivity contribution < 1.29 is 9.90 Å². The van der Waals surface area contributed by atoms with Crippen molar-refractivity contribution in [3.63, 3.8) is 0 Å². The van der Waals surface area contributed by atoms with Crippen LogP contribution < -0.4 is 0 Å². The third-order valence-electron chi connectivity index (χ3n) is 4.76. The van der Waals surface area contributed by atoms with Gasteiger partial charge in [-0.2, -0.15) is 5.26 Å². The van der Waals surface area contributed by atoms with Gasteiger partial charge in [-0.3, -0.25) is 9.69 Å². The van der Waals surface area contributed by atoms with Gasteiger partial charge in [-0.1, -0.05) is 19.9 Å². The molecule has 22 heavy (non-hydrogen) atoms. The topological polar surface area (TPSA) is 67.6 Å². The fraction of sp³-hybridized carbons (Fsp3) is 0.529. The molecule has 0 atom stereocenters. The number of rotatable bonds is 3. The first-order valence-electron chi connectivity index (χ1n) is 7.71. The Labute approximate surface area is 130 Å². The first-order valence-corrected chi connectivity index (χ1v) is 7.71. The van der Waals surface area contributed by atoms with Crippen LogP contribution in [0.2, 0.25) is 0 Å². The standard InChI is InChI=1S/C17H21N3O2/c1-12(2)16(22)20-6-5-17(20)10-19(11-17)9-13-3-4-15(21)14(7-13)8-18/h3-4,7,12,21H,5-6,9-11H2,1-2H3. The lowest BCUT2D eigenvalue weighted by molar-refractivity contribution is -0.170. The van der Waals surface area contributed by atoms with E-state index in [0.717, 1.165) is 38.2 Å². The van der Waals surface area contributed by atoms with Crippen molar-refractivity contribution in [1.82, 2.24) is 9.80 Å². The van der Waals surface area contributed by atoms with Gasteiger partial charge in [0.15, 0.2) is 0 Å². The zero-order valence-corrected chi connectivity index (χ0v) is 13.0. The fourth-order valence-corrected chi connectivity index (χ4v) is 3.45. The molecule has 0 saturated carbocycles. The van der Waals surface area contributed by atoms with Gasteiger partial charge in [-0.05, 0) is 24.1 Å². The SMILES string of the molecule is CC(C)C(=O)N1CCC12CN(Cc1ccc(O)c(C#N)c1)C2. The number of carbonyl (C=O) groups is 1. The molecule has 1 N–H and O–H groups in total. The maximum absolute atomic E-state index is 12.2. The lowest BCUT2D eigenvalue weighted by Gasteiger charge is -2.63. The molecule has 1 spiro atoms. The third-order valence-corrected chi connectivity index (χ3v) is 4.76. The number of nitrogens with zero attached hydrogens (tertiary/aromatic N) is 3. The summed E-state index contributed by atoms with van der Waals surface area (Å²) >= 11 is 0. The highest BCUT2D eigenvalue weighted by atomic mass is 16.3. The first-order chi connectivity index (χ1) is 10.4. The van der Waals surface area contributed by atoms with E-state index in [-0.39, 0.29) is 23.1 Å². The zero-order valence-electron chi connectivity index (χ0n) is 13.0. The van der Waals surface area contributed by atoms with Gasteiger partial charge in [-0.25, -0.2) is 0 Å². The lowest BCUT2D eigenvalue weighted by Crippen LogP contribution is -2.77. The maximum Gasteiger partial charge on any atom is 0.225 e. The summed E-state index contributed by atoms with van der Waals surface area (Å²) in [6, 6.07) is 7.15. The van der Waals surface area contributed by atoms with Crippen LogP contribution in [0.1, 0.15) is 31.4 Å². The molecule has 1 aromatic carbocycles. The summed E-state index contributed by atoms with van der Waals surface area (Å²) in [5, 5.41) is 18.5. The van der Waals surface area contributed by atoms with Crippen molar-refractivity contribution >= 4 is 5.91 Å². The molecule has 2 saturated heterocycles. The molecule has 2 aliphatic heterocycles. The smallest absolute Gasteiger partial charge is 0.225 e. The molecule has 5 heteroatoms. The van der Waals surface area contributed by atoms with Gasteiger partial charge in [0.2, 0.25) is 5.91 Å². The summed E-state index contributed by atoms with van der Waals surface area (Å²) in [7, 11) is 0. The molecule has 1 aromatic rings. The normalized spacial score (nSPS) is 19.6. The Bertz CT molecular complexity index is 642. The van der Waals surface area contributed by atoms with Gasteiger partial charge < -0.3 is 10.0 Å². The number of likely N-dealkylation sites (tertiary alicyclic amines) is 2. The number of phenols is 1. The van der Waals surface area contributed by atoms with Gasteiger partial charge in [0.25, 0.3) is 0 Å². The van der Waals surface area contributed by atoms with Crippen molar-refractivity contribution in [2.75, 3.05) is 19.6 Å². The Kier molecular flexibility index (Phi) is 3.57. The minimum absolute atomic E-state index is 0.0269. The van der Waals surface area contributed by atoms with Crippen LogP contribution in [0.4, 0.5) is 0 Å². The molecule has 0 unspecified atom stereocenters. The summed E-state index contributed by atoms with van der Waals surface area (Å²) in [5.74, 6) is 0.336. The minimum Gasteiger partial charge on any atom is -0.507 e. The number of aromatic hydroxyl groups is 1. The average molecular weight is 299 g/mol. The molecule has 5 nitrogen and oxygen atoms in total. The van der Waals surface area contributed by atoms with Crippen LogP contribution in [-0.2, 0) is 11.3 Å². The van der Waals surface area contributed by atoms with Gasteiger partial charge >= 0.3 is 0 Å². The maximum atomic E-state index is 12.2. The number of hydrogen-bond acceptors (Lipinski definition) is 4. The summed E-state index contributed by atoms with van der Waals surface area (Å²) in [6.07, 6.45) is 1.08. The van der Waals surface area contributed by atoms with Gasteiger partial charge in [0, 0.05) is 32.1 Å². The number of nitriles is 1. The number of hydrogen-bond donors (Lipinski definition) is 1. The van der Waals surface area contributed by atoms with Gasteiger partial charge in [-0.15, -0.1) is 0 Å². The van der Waals surface area contributed by atoms with Crippen molar-refractivity contribution in [2.45, 2.75) is 32.4 Å². The number of carbonyl (C=O) groups excluding carboxylic acids is 1. The van der Waals surface area contributed by atoms with E-state index in [4.69, 9.17) is 5.26 Å². The molecule has 0 aromatic heterocycles. The highest BCUT2D eigenvalue weighted by molar-refractivity contribution is 5.80. The van der Waals surface area contributed by atoms with Crippen molar-refractivity contribution in [2.24, 2.45) is 5.92 Å². The Morgan fingerprint density at radius 2 is 2.18 bits per heavy atom. The van der Waals surface area contributed by atoms with Crippen LogP contribution in [0.3, 0.4) is 0 Å². The van der Waals surface area contributed by atoms with Crippen LogP contribution >= 0.6 is 0 Å². The van der Waals surface area contributed by atoms with Crippen molar-refractivity contribution in [1.29, 1.82) is 5.26 Å². The predicted molar refractivity (Wildman–Crippen MR) is 82.0 cm³/mol. The summed E-state index contributed by atoms with van der Waals surface area (Å²) < 4.78 is 0. The minimum atomic E-state index is 0.0269. The Morgan fingerprint density at radius 1 is 1.45 bits per heavy atom. The molecule has 0 aliphatic carbocycles. The molecule has 2 aliphatic rings. The highest BCUT2D eigenvalue weighted by Crippen LogP contribution is 2.40. The number of benzene rings is 1. The highest BCUT2D eigenvalue weighted by Gasteiger charge is 2.55. The van der Waals surface area contributed by atoms with E-state index in [9.17, 15) is 9.90 Å². The van der Waals surface area contributed by atoms with Crippen LogP contribution in [0.25, 0.3) is 0 Å².